The van der Waals surface area contributed by atoms with E-state index < -0.39 is 46.1 Å². The molecule has 1 saturated heterocycles. The summed E-state index contributed by atoms with van der Waals surface area (Å²) in [5.74, 6) is -1.42. The summed E-state index contributed by atoms with van der Waals surface area (Å²) in [7, 11) is -4.10. The Bertz CT molecular complexity index is 1720. The van der Waals surface area contributed by atoms with Crippen LogP contribution in [0.25, 0.3) is 0 Å². The highest BCUT2D eigenvalue weighted by molar-refractivity contribution is 7.89. The molecule has 14 heteroatoms. The quantitative estimate of drug-likeness (QED) is 0.0828. The number of aliphatic hydroxyl groups excluding tert-OH is 1. The number of benzene rings is 2. The van der Waals surface area contributed by atoms with Gasteiger partial charge in [-0.2, -0.15) is 4.31 Å². The van der Waals surface area contributed by atoms with Crippen LogP contribution in [0, 0.1) is 11.8 Å². The zero-order chi connectivity index (χ0) is 36.4. The topological polar surface area (TPSA) is 173 Å². The Morgan fingerprint density at radius 1 is 1.00 bits per heavy atom. The van der Waals surface area contributed by atoms with E-state index in [1.165, 1.54) is 39.7 Å². The molecular weight excluding hydrogens is 660 g/mol. The van der Waals surface area contributed by atoms with Crippen molar-refractivity contribution in [2.24, 2.45) is 17.0 Å². The first-order valence-electron chi connectivity index (χ1n) is 16.7. The predicted octanol–water partition coefficient (Wildman–Crippen LogP) is 3.50. The molecule has 1 aliphatic heterocycles. The summed E-state index contributed by atoms with van der Waals surface area (Å²) < 4.78 is 29.0. The summed E-state index contributed by atoms with van der Waals surface area (Å²) in [5.41, 5.74) is 2.02. The first kappa shape index (κ1) is 38.1. The van der Waals surface area contributed by atoms with Gasteiger partial charge in [0.15, 0.2) is 0 Å². The van der Waals surface area contributed by atoms with E-state index in [1.807, 2.05) is 58.0 Å². The van der Waals surface area contributed by atoms with Crippen LogP contribution in [0.2, 0.25) is 0 Å². The molecule has 13 nitrogen and oxygen atoms in total. The summed E-state index contributed by atoms with van der Waals surface area (Å²) in [6.07, 6.45) is 3.67. The minimum atomic E-state index is -4.10. The van der Waals surface area contributed by atoms with Crippen molar-refractivity contribution in [1.82, 2.24) is 24.4 Å². The molecule has 4 rings (SSSR count). The summed E-state index contributed by atoms with van der Waals surface area (Å²) in [5, 5.41) is 26.5. The van der Waals surface area contributed by atoms with Crippen molar-refractivity contribution < 1.29 is 33.1 Å². The zero-order valence-electron chi connectivity index (χ0n) is 28.8. The van der Waals surface area contributed by atoms with Gasteiger partial charge < -0.3 is 20.5 Å². The van der Waals surface area contributed by atoms with Gasteiger partial charge in [-0.25, -0.2) is 13.2 Å². The van der Waals surface area contributed by atoms with Gasteiger partial charge in [-0.3, -0.25) is 19.5 Å². The number of nitrogens with one attached hydrogen (secondary N) is 1. The van der Waals surface area contributed by atoms with Crippen molar-refractivity contribution in [2.45, 2.75) is 70.2 Å². The second kappa shape index (κ2) is 17.3. The van der Waals surface area contributed by atoms with E-state index in [-0.39, 0.29) is 49.3 Å². The number of hydrogen-bond acceptors (Lipinski definition) is 9. The molecule has 1 fully saturated rings. The summed E-state index contributed by atoms with van der Waals surface area (Å²) in [4.78, 5) is 47.3. The highest BCUT2D eigenvalue weighted by Gasteiger charge is 2.45. The molecule has 4 amide bonds. The number of amides is 4. The number of aliphatic hydroxyl groups is 1. The lowest BCUT2D eigenvalue weighted by Crippen LogP contribution is -2.57. The van der Waals surface area contributed by atoms with E-state index in [9.17, 15) is 27.9 Å². The second-order valence-electron chi connectivity index (χ2n) is 13.0. The van der Waals surface area contributed by atoms with E-state index in [4.69, 9.17) is 5.21 Å². The third kappa shape index (κ3) is 9.52. The average molecular weight is 707 g/mol. The van der Waals surface area contributed by atoms with Crippen molar-refractivity contribution in [3.05, 3.63) is 95.8 Å². The Morgan fingerprint density at radius 2 is 1.66 bits per heavy atom. The smallest absolute Gasteiger partial charge is 0.328 e. The van der Waals surface area contributed by atoms with Crippen molar-refractivity contribution in [1.29, 1.82) is 0 Å². The normalized spacial score (nSPS) is 16.3. The van der Waals surface area contributed by atoms with Crippen LogP contribution >= 0.6 is 0 Å². The molecular formula is C36H46N6O7S. The van der Waals surface area contributed by atoms with Crippen LogP contribution in [-0.4, -0.2) is 99.7 Å². The Balaban J connectivity index is 1.61. The number of oxime groups is 1. The maximum absolute atomic E-state index is 14.2. The van der Waals surface area contributed by atoms with Crippen LogP contribution in [0.4, 0.5) is 4.79 Å². The maximum Gasteiger partial charge on any atom is 0.328 e. The standard InChI is InChI=1S/C36H46N6O7S/c1-5-26(4)34(42-24-33(44)41(36(42)46)22-29-15-17-37-18-16-29)35(45)39-31(19-27-9-7-6-8-10-27)32(43)23-40(21-25(2)3)50(48,49)30-13-11-28(12-14-30)20-38-47/h6-18,20,25-26,31-32,34,43,47H,5,19,21-24H2,1-4H3,(H,39,45)/b38-20+/t26-,31-,32+,34-/m0/s1. The molecule has 2 heterocycles. The fraction of sp³-hybridized carbons (Fsp3) is 0.417. The number of nitrogens with zero attached hydrogens (tertiary/aromatic N) is 5. The fourth-order valence-corrected chi connectivity index (χ4v) is 7.53. The molecule has 1 aromatic heterocycles. The van der Waals surface area contributed by atoms with Gasteiger partial charge in [0.2, 0.25) is 15.9 Å². The van der Waals surface area contributed by atoms with Crippen LogP contribution in [0.15, 0.2) is 89.2 Å². The molecule has 3 aromatic rings. The number of pyridine rings is 1. The van der Waals surface area contributed by atoms with Crippen LogP contribution in [0.1, 0.15) is 50.8 Å². The van der Waals surface area contributed by atoms with Crippen LogP contribution in [-0.2, 0) is 32.6 Å². The summed E-state index contributed by atoms with van der Waals surface area (Å²) in [6, 6.07) is 15.9. The Hall–Kier alpha value is -4.66. The third-order valence-corrected chi connectivity index (χ3v) is 10.6. The second-order valence-corrected chi connectivity index (χ2v) is 14.9. The molecule has 0 bridgehead atoms. The van der Waals surface area contributed by atoms with Gasteiger partial charge in [0, 0.05) is 25.5 Å². The van der Waals surface area contributed by atoms with Crippen LogP contribution in [0.5, 0.6) is 0 Å². The number of urea groups is 1. The highest BCUT2D eigenvalue weighted by Crippen LogP contribution is 2.24. The van der Waals surface area contributed by atoms with E-state index >= 15 is 0 Å². The van der Waals surface area contributed by atoms with E-state index in [0.717, 1.165) is 16.0 Å². The van der Waals surface area contributed by atoms with Crippen molar-refractivity contribution >= 4 is 34.1 Å². The monoisotopic (exact) mass is 706 g/mol. The maximum atomic E-state index is 14.2. The molecule has 0 aliphatic carbocycles. The minimum absolute atomic E-state index is 0.00514. The lowest BCUT2D eigenvalue weighted by molar-refractivity contribution is -0.129. The number of carbonyl (C=O) groups is 3. The summed E-state index contributed by atoms with van der Waals surface area (Å²) in [6.45, 7) is 6.97. The molecule has 4 atom stereocenters. The lowest BCUT2D eigenvalue weighted by atomic mass is 9.95. The molecule has 0 unspecified atom stereocenters. The highest BCUT2D eigenvalue weighted by atomic mass is 32.2. The number of carbonyl (C=O) groups excluding carboxylic acids is 3. The van der Waals surface area contributed by atoms with E-state index in [2.05, 4.69) is 15.5 Å². The Labute approximate surface area is 293 Å². The number of rotatable bonds is 17. The number of imide groups is 1. The number of sulfonamides is 1. The number of aromatic nitrogens is 1. The fourth-order valence-electron chi connectivity index (χ4n) is 5.91. The molecule has 0 saturated carbocycles. The van der Waals surface area contributed by atoms with Gasteiger partial charge in [0.1, 0.15) is 12.6 Å². The average Bonchev–Trinajstić information content (AvgIpc) is 3.36. The Morgan fingerprint density at radius 3 is 2.26 bits per heavy atom. The molecule has 1 aliphatic rings. The van der Waals surface area contributed by atoms with Crippen LogP contribution in [0.3, 0.4) is 0 Å². The van der Waals surface area contributed by atoms with Gasteiger partial charge in [-0.15, -0.1) is 0 Å². The molecule has 0 spiro atoms. The SMILES string of the molecule is CC[C@H](C)[C@@H](C(=O)N[C@@H](Cc1ccccc1)[C@H](O)CN(CC(C)C)S(=O)(=O)c1ccc(/C=N/O)cc1)N1CC(=O)N(Cc2ccncc2)C1=O. The first-order chi connectivity index (χ1) is 23.8. The molecule has 3 N–H and O–H groups in total. The van der Waals surface area contributed by atoms with Gasteiger partial charge >= 0.3 is 6.03 Å². The van der Waals surface area contributed by atoms with Crippen molar-refractivity contribution in [3.63, 3.8) is 0 Å². The molecule has 2 aromatic carbocycles. The zero-order valence-corrected chi connectivity index (χ0v) is 29.6. The predicted molar refractivity (Wildman–Crippen MR) is 188 cm³/mol. The molecule has 0 radical (unpaired) electrons. The minimum Gasteiger partial charge on any atom is -0.411 e. The van der Waals surface area contributed by atoms with Gasteiger partial charge in [-0.1, -0.05) is 81.7 Å². The van der Waals surface area contributed by atoms with E-state index in [0.29, 0.717) is 12.0 Å². The first-order valence-corrected chi connectivity index (χ1v) is 18.1. The lowest BCUT2D eigenvalue weighted by Gasteiger charge is -2.34. The van der Waals surface area contributed by atoms with Crippen molar-refractivity contribution in [3.8, 4) is 0 Å². The Kier molecular flexibility index (Phi) is 13.2. The number of hydrogen-bond donors (Lipinski definition) is 3. The van der Waals surface area contributed by atoms with Gasteiger partial charge in [-0.05, 0) is 59.2 Å². The third-order valence-electron chi connectivity index (χ3n) is 8.74. The molecule has 268 valence electrons. The van der Waals surface area contributed by atoms with Gasteiger partial charge in [0.25, 0.3) is 5.91 Å². The van der Waals surface area contributed by atoms with Gasteiger partial charge in [0.05, 0.1) is 29.8 Å². The molecule has 50 heavy (non-hydrogen) atoms. The summed E-state index contributed by atoms with van der Waals surface area (Å²) >= 11 is 0. The van der Waals surface area contributed by atoms with Crippen molar-refractivity contribution in [2.75, 3.05) is 19.6 Å². The largest absolute Gasteiger partial charge is 0.411 e. The van der Waals surface area contributed by atoms with Crippen LogP contribution < -0.4 is 5.32 Å². The van der Waals surface area contributed by atoms with E-state index in [1.54, 1.807) is 24.5 Å².